The predicted molar refractivity (Wildman–Crippen MR) is 78.8 cm³/mol. The Bertz CT molecular complexity index is 544. The molecule has 0 aromatic rings. The minimum absolute atomic E-state index is 0.0453. The van der Waals surface area contributed by atoms with Gasteiger partial charge in [0.1, 0.15) is 11.1 Å². The van der Waals surface area contributed by atoms with Crippen molar-refractivity contribution in [1.29, 1.82) is 0 Å². The topological polar surface area (TPSA) is 58.6 Å². The first kappa shape index (κ1) is 14.9. The summed E-state index contributed by atoms with van der Waals surface area (Å²) in [6, 6.07) is 0. The zero-order valence-corrected chi connectivity index (χ0v) is 13.3. The molecule has 3 aliphatic rings. The molecule has 116 valence electrons. The Morgan fingerprint density at radius 3 is 2.62 bits per heavy atom. The number of hydrogen-bond acceptors (Lipinski definition) is 5. The van der Waals surface area contributed by atoms with Gasteiger partial charge in [-0.1, -0.05) is 0 Å². The third-order valence-corrected chi connectivity index (χ3v) is 5.95. The number of fused-ring (bicyclic) bond motifs is 1. The van der Waals surface area contributed by atoms with E-state index in [4.69, 9.17) is 4.74 Å². The Balaban J connectivity index is 1.87. The molecule has 2 saturated heterocycles. The van der Waals surface area contributed by atoms with Crippen molar-refractivity contribution in [2.45, 2.75) is 44.9 Å². The molecular weight excluding hydrogens is 268 g/mol. The summed E-state index contributed by atoms with van der Waals surface area (Å²) in [5.41, 5.74) is -0.902. The van der Waals surface area contributed by atoms with E-state index in [0.717, 1.165) is 19.4 Å². The van der Waals surface area contributed by atoms with Gasteiger partial charge in [-0.3, -0.25) is 14.5 Å². The van der Waals surface area contributed by atoms with E-state index in [0.29, 0.717) is 18.7 Å². The number of ether oxygens (including phenoxy) is 1. The average molecular weight is 292 g/mol. The van der Waals surface area contributed by atoms with Crippen LogP contribution in [0.3, 0.4) is 0 Å². The van der Waals surface area contributed by atoms with Crippen LogP contribution in [0.2, 0.25) is 0 Å². The molecule has 0 radical (unpaired) electrons. The van der Waals surface area contributed by atoms with Crippen LogP contribution in [0.4, 0.5) is 0 Å². The molecular formula is C16H24N2O3. The molecule has 0 aromatic heterocycles. The molecule has 21 heavy (non-hydrogen) atoms. The van der Waals surface area contributed by atoms with Crippen LogP contribution in [0.15, 0.2) is 11.6 Å². The van der Waals surface area contributed by atoms with Crippen LogP contribution < -0.4 is 5.32 Å². The number of carbonyl (C=O) groups excluding carboxylic acids is 2. The molecule has 0 bridgehead atoms. The van der Waals surface area contributed by atoms with Crippen LogP contribution in [0.1, 0.15) is 33.6 Å². The van der Waals surface area contributed by atoms with E-state index in [1.54, 1.807) is 13.8 Å². The molecule has 0 saturated carbocycles. The van der Waals surface area contributed by atoms with Crippen molar-refractivity contribution in [1.82, 2.24) is 10.2 Å². The number of allylic oxidation sites excluding steroid dienone is 2. The summed E-state index contributed by atoms with van der Waals surface area (Å²) in [5.74, 6) is -0.121. The third-order valence-electron chi connectivity index (χ3n) is 5.95. The number of Topliss-reactive ketones (excluding diaryl/α,β-unsaturated/α-hetero) is 1. The molecule has 3 rings (SSSR count). The highest BCUT2D eigenvalue weighted by molar-refractivity contribution is 6.24. The second-order valence-corrected chi connectivity index (χ2v) is 6.94. The van der Waals surface area contributed by atoms with Crippen LogP contribution in [0.5, 0.6) is 0 Å². The van der Waals surface area contributed by atoms with E-state index in [9.17, 15) is 9.59 Å². The number of likely N-dealkylation sites (N-methyl/N-ethyl adjacent to an activating group) is 1. The van der Waals surface area contributed by atoms with E-state index in [2.05, 4.69) is 17.1 Å². The summed E-state index contributed by atoms with van der Waals surface area (Å²) in [6.45, 7) is 7.55. The van der Waals surface area contributed by atoms with Gasteiger partial charge in [-0.2, -0.15) is 0 Å². The number of nitrogens with one attached hydrogen (secondary N) is 1. The van der Waals surface area contributed by atoms with E-state index in [-0.39, 0.29) is 17.1 Å². The fourth-order valence-electron chi connectivity index (χ4n) is 4.30. The average Bonchev–Trinajstić information content (AvgIpc) is 2.97. The Morgan fingerprint density at radius 2 is 2.05 bits per heavy atom. The third kappa shape index (κ3) is 1.74. The van der Waals surface area contributed by atoms with Gasteiger partial charge in [0.05, 0.1) is 12.1 Å². The Kier molecular flexibility index (Phi) is 3.17. The van der Waals surface area contributed by atoms with Crippen molar-refractivity contribution in [3.05, 3.63) is 11.6 Å². The van der Waals surface area contributed by atoms with Crippen molar-refractivity contribution in [2.75, 3.05) is 26.7 Å². The largest absolute Gasteiger partial charge is 0.359 e. The van der Waals surface area contributed by atoms with Crippen LogP contribution in [-0.4, -0.2) is 54.5 Å². The highest BCUT2D eigenvalue weighted by Gasteiger charge is 2.62. The molecule has 5 nitrogen and oxygen atoms in total. The standard InChI is InChI=1S/C16H24N2O3/c1-11-9-12(19)14(2,13(11)20)10-18-7-5-16(17-4)6-8-21-15(16,18)3/h9,17H,5-8,10H2,1-4H3/t14-,15?,16?/m0/s1. The monoisotopic (exact) mass is 292 g/mol. The zero-order valence-electron chi connectivity index (χ0n) is 13.3. The number of carbonyl (C=O) groups is 2. The lowest BCUT2D eigenvalue weighted by atomic mass is 9.82. The normalized spacial score (nSPS) is 43.5. The predicted octanol–water partition coefficient (Wildman–Crippen LogP) is 0.891. The number of hydrogen-bond donors (Lipinski definition) is 1. The van der Waals surface area contributed by atoms with Crippen molar-refractivity contribution in [3.8, 4) is 0 Å². The van der Waals surface area contributed by atoms with Gasteiger partial charge >= 0.3 is 0 Å². The van der Waals surface area contributed by atoms with Gasteiger partial charge in [-0.05, 0) is 52.3 Å². The first-order valence-corrected chi connectivity index (χ1v) is 7.65. The zero-order chi connectivity index (χ0) is 15.5. The Labute approximate surface area is 125 Å². The molecule has 0 amide bonds. The lowest BCUT2D eigenvalue weighted by molar-refractivity contribution is -0.145. The first-order chi connectivity index (χ1) is 9.79. The van der Waals surface area contributed by atoms with Gasteiger partial charge in [0.25, 0.3) is 0 Å². The number of nitrogens with zero attached hydrogens (tertiary/aromatic N) is 1. The Hall–Kier alpha value is -1.04. The smallest absolute Gasteiger partial charge is 0.173 e. The van der Waals surface area contributed by atoms with Gasteiger partial charge in [0.2, 0.25) is 0 Å². The lowest BCUT2D eigenvalue weighted by Gasteiger charge is -2.43. The molecule has 3 atom stereocenters. The molecule has 2 heterocycles. The van der Waals surface area contributed by atoms with Crippen LogP contribution >= 0.6 is 0 Å². The minimum atomic E-state index is -0.955. The van der Waals surface area contributed by atoms with Crippen molar-refractivity contribution >= 4 is 11.6 Å². The summed E-state index contributed by atoms with van der Waals surface area (Å²) in [4.78, 5) is 26.8. The van der Waals surface area contributed by atoms with Crippen molar-refractivity contribution in [3.63, 3.8) is 0 Å². The molecule has 0 spiro atoms. The maximum atomic E-state index is 12.4. The second-order valence-electron chi connectivity index (χ2n) is 6.94. The molecule has 5 heteroatoms. The molecule has 2 unspecified atom stereocenters. The van der Waals surface area contributed by atoms with E-state index < -0.39 is 11.1 Å². The highest BCUT2D eigenvalue weighted by Crippen LogP contribution is 2.47. The summed E-state index contributed by atoms with van der Waals surface area (Å²) < 4.78 is 6.05. The second kappa shape index (κ2) is 4.48. The molecule has 1 aliphatic carbocycles. The molecule has 0 aromatic carbocycles. The first-order valence-electron chi connectivity index (χ1n) is 7.65. The minimum Gasteiger partial charge on any atom is -0.359 e. The van der Waals surface area contributed by atoms with E-state index >= 15 is 0 Å². The number of likely N-dealkylation sites (tertiary alicyclic amines) is 1. The van der Waals surface area contributed by atoms with E-state index in [1.165, 1.54) is 6.08 Å². The summed E-state index contributed by atoms with van der Waals surface area (Å²) in [5, 5.41) is 3.43. The lowest BCUT2D eigenvalue weighted by Crippen LogP contribution is -2.61. The highest BCUT2D eigenvalue weighted by atomic mass is 16.5. The summed E-state index contributed by atoms with van der Waals surface area (Å²) in [7, 11) is 1.97. The number of ketones is 2. The summed E-state index contributed by atoms with van der Waals surface area (Å²) in [6.07, 6.45) is 3.43. The quantitative estimate of drug-likeness (QED) is 0.783. The van der Waals surface area contributed by atoms with E-state index in [1.807, 2.05) is 7.05 Å². The van der Waals surface area contributed by atoms with Crippen LogP contribution in [-0.2, 0) is 14.3 Å². The SMILES string of the molecule is CNC12CCOC1(C)N(C[C@@]1(C)C(=O)C=C(C)C1=O)CC2. The van der Waals surface area contributed by atoms with Crippen molar-refractivity contribution in [2.24, 2.45) is 5.41 Å². The van der Waals surface area contributed by atoms with Gasteiger partial charge in [-0.15, -0.1) is 0 Å². The summed E-state index contributed by atoms with van der Waals surface area (Å²) >= 11 is 0. The maximum absolute atomic E-state index is 12.4. The van der Waals surface area contributed by atoms with Crippen LogP contribution in [0, 0.1) is 5.41 Å². The van der Waals surface area contributed by atoms with Gasteiger partial charge < -0.3 is 10.1 Å². The van der Waals surface area contributed by atoms with Gasteiger partial charge in [0, 0.05) is 13.1 Å². The maximum Gasteiger partial charge on any atom is 0.173 e. The fourth-order valence-corrected chi connectivity index (χ4v) is 4.30. The molecule has 1 N–H and O–H groups in total. The molecule has 2 aliphatic heterocycles. The fraction of sp³-hybridized carbons (Fsp3) is 0.750. The Morgan fingerprint density at radius 1 is 1.33 bits per heavy atom. The molecule has 2 fully saturated rings. The van der Waals surface area contributed by atoms with Crippen LogP contribution in [0.25, 0.3) is 0 Å². The number of rotatable bonds is 3. The van der Waals surface area contributed by atoms with Crippen molar-refractivity contribution < 1.29 is 14.3 Å². The van der Waals surface area contributed by atoms with Gasteiger partial charge in [0.15, 0.2) is 11.6 Å². The van der Waals surface area contributed by atoms with Gasteiger partial charge in [-0.25, -0.2) is 0 Å².